The lowest BCUT2D eigenvalue weighted by Crippen LogP contribution is -2.30. The highest BCUT2D eigenvalue weighted by Crippen LogP contribution is 2.66. The van der Waals surface area contributed by atoms with Crippen LogP contribution in [-0.2, 0) is 106 Å². The van der Waals surface area contributed by atoms with Gasteiger partial charge in [0.2, 0.25) is 0 Å². The molecular weight excluding hydrogens is 1510 g/mol. The number of ketones is 1. The van der Waals surface area contributed by atoms with Crippen molar-refractivity contribution >= 4 is 132 Å². The monoisotopic (exact) mass is 1580 g/mol. The Balaban J connectivity index is 0.812. The quantitative estimate of drug-likeness (QED) is 0.00214. The van der Waals surface area contributed by atoms with Gasteiger partial charge in [-0.2, -0.15) is 30.4 Å². The largest absolute Gasteiger partial charge is 0.490 e. The van der Waals surface area contributed by atoms with Crippen LogP contribution >= 0.6 is 45.1 Å². The Bertz CT molecular complexity index is 4380. The van der Waals surface area contributed by atoms with Crippen LogP contribution in [0.4, 0.5) is 16.3 Å². The van der Waals surface area contributed by atoms with Gasteiger partial charge >= 0.3 is 47.2 Å². The molecule has 3 aromatic rings. The maximum absolute atomic E-state index is 13.5. The normalized spacial score (nSPS) is 16.7. The summed E-state index contributed by atoms with van der Waals surface area (Å²) in [6, 6.07) is 8.04. The minimum absolute atomic E-state index is 0.000267. The van der Waals surface area contributed by atoms with Gasteiger partial charge in [-0.1, -0.05) is 48.9 Å². The number of nitrogens with zero attached hydrogens (tertiary/aromatic N) is 2. The number of aromatic nitrogens is 2. The number of carbonyl (C=O) groups excluding carboxylic acids is 3. The highest BCUT2D eigenvalue weighted by Gasteiger charge is 2.44. The van der Waals surface area contributed by atoms with Crippen molar-refractivity contribution in [3.63, 3.8) is 0 Å². The van der Waals surface area contributed by atoms with Crippen LogP contribution in [0.2, 0.25) is 0 Å². The molecule has 6 rings (SSSR count). The number of hydrogen-bond donors (Lipinski definition) is 11. The molecule has 13 N–H and O–H groups in total. The average molecular weight is 1580 g/mol. The number of amides is 1. The van der Waals surface area contributed by atoms with Gasteiger partial charge in [0.1, 0.15) is 24.1 Å². The predicted octanol–water partition coefficient (Wildman–Crippen LogP) is 5.68. The average Bonchev–Trinajstić information content (AvgIpc) is 0.795. The lowest BCUT2D eigenvalue weighted by atomic mass is 9.88. The van der Waals surface area contributed by atoms with E-state index in [4.69, 9.17) is 80.0 Å². The van der Waals surface area contributed by atoms with Crippen molar-refractivity contribution in [2.75, 3.05) is 89.0 Å². The number of Topliss-reactive ketones (excluding diaryl/α,β-unsaturated/α-hetero) is 1. The molecule has 3 unspecified atom stereocenters. The molecule has 0 spiro atoms. The van der Waals surface area contributed by atoms with Gasteiger partial charge in [0.05, 0.1) is 80.3 Å². The van der Waals surface area contributed by atoms with E-state index in [0.717, 1.165) is 22.8 Å². The lowest BCUT2D eigenvalue weighted by molar-refractivity contribution is -0.143. The SMILES string of the molecule is CS(=S)CO[C@H]1C[C@H](n2cc(C#CCCC(=O)OCCCCOCSSC(C)(C)CCOC(=O)NCCOCCOCCCC(=O)c3ccc(C(=O)O)c(-c4c5ccc(=N)c(S(=O)(=O)O)c-5oc5c(S(=O)(=O)O)c(N)ccc45)c3)c(N)nc2=O)O[C@@H]1COP(=O)(O)OP(=O)(O)OP(=O)(O)O. The molecule has 0 radical (unpaired) electrons. The number of phosphoric ester groups is 1. The Morgan fingerprint density at radius 2 is 1.56 bits per heavy atom. The Labute approximate surface area is 585 Å². The smallest absolute Gasteiger partial charge is 0.478 e. The Hall–Kier alpha value is -5.65. The number of aromatic carboxylic acids is 1. The second-order valence-electron chi connectivity index (χ2n) is 21.8. The third-order valence-corrected chi connectivity index (χ3v) is 23.1. The highest BCUT2D eigenvalue weighted by atomic mass is 33.1. The highest BCUT2D eigenvalue weighted by molar-refractivity contribution is 8.77. The van der Waals surface area contributed by atoms with E-state index < -0.39 is 145 Å². The lowest BCUT2D eigenvalue weighted by Gasteiger charge is -2.22. The molecule has 1 fully saturated rings. The van der Waals surface area contributed by atoms with Crippen molar-refractivity contribution in [2.24, 2.45) is 0 Å². The van der Waals surface area contributed by atoms with Crippen molar-refractivity contribution in [3.05, 3.63) is 81.2 Å². The number of nitrogens with two attached hydrogens (primary N) is 2. The first kappa shape index (κ1) is 83.3. The van der Waals surface area contributed by atoms with E-state index in [0.29, 0.717) is 31.8 Å². The van der Waals surface area contributed by atoms with E-state index in [1.807, 2.05) is 13.8 Å². The molecule has 45 heteroatoms. The van der Waals surface area contributed by atoms with Crippen molar-refractivity contribution in [3.8, 4) is 34.3 Å². The topological polar surface area (TPSA) is 558 Å². The molecule has 1 aliphatic carbocycles. The zero-order valence-electron chi connectivity index (χ0n) is 53.1. The third kappa shape index (κ3) is 25.9. The van der Waals surface area contributed by atoms with E-state index in [2.05, 4.69) is 30.8 Å². The summed E-state index contributed by atoms with van der Waals surface area (Å²) in [6.45, 7) is 4.44. The number of rotatable bonds is 40. The molecule has 0 saturated carbocycles. The standard InChI is InChI=1S/C55H71N6O30P3S6/c1-55(2,97-96-31-83-20-6-7-22-84-45(63)11-5-4-9-34-29-61(53(66)60-51(34)58)44-28-42(86-32-98(3)95)43(88-44)30-87-93(71,72)91-94(73,74)90-92(68,69)70)18-23-85-54(67)59-19-24-82-26-25-81-21-8-10-41(62)33-12-13-35(52(64)65)38(27-33)46-36-14-16-39(56)49(99(75,76)77)47(36)89-48-37(46)15-17-40(57)50(48)100(78,79)80/h12-17,27,29,42-44,56H,5-8,10-11,18-26,28,30-32,57H2,1-3H3,(H,59,67)(H,64,65)(H,71,72)(H,73,74)(H2,58,60,66)(H2,68,69,70)(H,75,76,77)(H,78,79,80)/t42-,43+,44+,98?/m0/s1. The van der Waals surface area contributed by atoms with Gasteiger partial charge in [-0.15, -0.1) is 0 Å². The number of hydrogen-bond acceptors (Lipinski definition) is 30. The van der Waals surface area contributed by atoms with Gasteiger partial charge in [0.15, 0.2) is 26.9 Å². The number of nitrogen functional groups attached to an aromatic ring is 2. The number of phosphoric acid groups is 3. The molecule has 6 atom stereocenters. The fourth-order valence-corrected chi connectivity index (χ4v) is 16.5. The number of anilines is 2. The molecule has 1 amide bonds. The molecule has 3 heterocycles. The minimum atomic E-state index is -5.80. The van der Waals surface area contributed by atoms with Gasteiger partial charge < -0.3 is 79.0 Å². The van der Waals surface area contributed by atoms with E-state index in [-0.39, 0.29) is 128 Å². The summed E-state index contributed by atoms with van der Waals surface area (Å²) >= 11 is 5.16. The number of benzene rings is 3. The Morgan fingerprint density at radius 1 is 0.870 bits per heavy atom. The van der Waals surface area contributed by atoms with Crippen LogP contribution in [0.5, 0.6) is 0 Å². The number of carbonyl (C=O) groups is 4. The van der Waals surface area contributed by atoms with Crippen molar-refractivity contribution < 1.29 is 134 Å². The molecule has 2 aromatic carbocycles. The van der Waals surface area contributed by atoms with Crippen LogP contribution in [0.25, 0.3) is 33.4 Å². The summed E-state index contributed by atoms with van der Waals surface area (Å²) in [5, 5.41) is 20.1. The molecule has 552 valence electrons. The van der Waals surface area contributed by atoms with Crippen LogP contribution < -0.4 is 27.8 Å². The van der Waals surface area contributed by atoms with Gasteiger partial charge in [-0.05, 0) is 98.9 Å². The number of esters is 1. The van der Waals surface area contributed by atoms with E-state index >= 15 is 0 Å². The fraction of sp³-hybridized carbons (Fsp3) is 0.473. The second-order valence-corrected chi connectivity index (χ2v) is 35.0. The summed E-state index contributed by atoms with van der Waals surface area (Å²) in [6.07, 6.45) is 0.607. The number of alkyl carbamates (subject to hydrolysis) is 1. The first-order valence-electron chi connectivity index (χ1n) is 29.3. The number of ether oxygens (including phenoxy) is 7. The molecule has 3 aliphatic rings. The fourth-order valence-electron chi connectivity index (χ4n) is 9.21. The Morgan fingerprint density at radius 3 is 2.24 bits per heavy atom. The van der Waals surface area contributed by atoms with E-state index in [9.17, 15) is 78.5 Å². The second kappa shape index (κ2) is 37.2. The maximum atomic E-state index is 13.5. The van der Waals surface area contributed by atoms with Gasteiger partial charge in [0, 0.05) is 72.0 Å². The van der Waals surface area contributed by atoms with Crippen molar-refractivity contribution in [1.82, 2.24) is 14.9 Å². The molecule has 2 aliphatic heterocycles. The molecule has 100 heavy (non-hydrogen) atoms. The molecule has 1 saturated heterocycles. The van der Waals surface area contributed by atoms with Crippen LogP contribution in [0.3, 0.4) is 0 Å². The molecule has 1 aromatic heterocycles. The minimum Gasteiger partial charge on any atom is -0.478 e. The third-order valence-electron chi connectivity index (χ3n) is 13.6. The maximum Gasteiger partial charge on any atom is 0.490 e. The van der Waals surface area contributed by atoms with Gasteiger partial charge in [-0.25, -0.2) is 28.1 Å². The molecule has 36 nitrogen and oxygen atoms in total. The molecule has 0 bridgehead atoms. The summed E-state index contributed by atoms with van der Waals surface area (Å²) in [5.74, 6) is 2.42. The summed E-state index contributed by atoms with van der Waals surface area (Å²) < 4.78 is 163. The summed E-state index contributed by atoms with van der Waals surface area (Å²) in [5.41, 5.74) is 8.76. The van der Waals surface area contributed by atoms with E-state index in [1.54, 1.807) is 17.0 Å². The van der Waals surface area contributed by atoms with E-state index in [1.165, 1.54) is 41.3 Å². The van der Waals surface area contributed by atoms with Crippen molar-refractivity contribution in [1.29, 1.82) is 5.41 Å². The van der Waals surface area contributed by atoms with Crippen LogP contribution in [0.1, 0.15) is 97.7 Å². The first-order valence-corrected chi connectivity index (χ1v) is 41.8. The van der Waals surface area contributed by atoms with Crippen LogP contribution in [0, 0.1) is 17.3 Å². The van der Waals surface area contributed by atoms with Crippen molar-refractivity contribution in [2.45, 2.75) is 98.2 Å². The van der Waals surface area contributed by atoms with Gasteiger partial charge in [0.25, 0.3) is 20.2 Å². The summed E-state index contributed by atoms with van der Waals surface area (Å²) in [4.78, 5) is 102. The summed E-state index contributed by atoms with van der Waals surface area (Å²) in [7, 11) is -25.1. The first-order chi connectivity index (χ1) is 46.8. The number of carboxylic acids is 1. The van der Waals surface area contributed by atoms with Crippen LogP contribution in [0.15, 0.2) is 67.7 Å². The molecular formula is C55H71N6O30P3S6. The predicted molar refractivity (Wildman–Crippen MR) is 362 cm³/mol. The Kier molecular flexibility index (Phi) is 31.0. The zero-order chi connectivity index (χ0) is 74.0. The number of nitrogens with one attached hydrogen (secondary N) is 2. The number of carboxylic acid groups (broad SMARTS) is 1. The zero-order valence-corrected chi connectivity index (χ0v) is 60.7. The van der Waals surface area contributed by atoms with Crippen LogP contribution in [-0.4, -0.2) is 178 Å². The number of unbranched alkanes of at least 4 members (excludes halogenated alkanes) is 1. The van der Waals surface area contributed by atoms with Gasteiger partial charge in [-0.3, -0.25) is 33.2 Å². The number of fused-ring (bicyclic) bond motifs is 2.